The summed E-state index contributed by atoms with van der Waals surface area (Å²) >= 11 is 0. The van der Waals surface area contributed by atoms with E-state index >= 15 is 0 Å². The van der Waals surface area contributed by atoms with Gasteiger partial charge in [-0.2, -0.15) is 0 Å². The Morgan fingerprint density at radius 2 is 1.55 bits per heavy atom. The highest BCUT2D eigenvalue weighted by Gasteiger charge is 2.17. The molecule has 0 aliphatic rings. The SMILES string of the molecule is CCCCOc1ccccc1C(=O)Nc1ccc(C(=O)N(CC)c2ccccc2)cc1. The van der Waals surface area contributed by atoms with Gasteiger partial charge < -0.3 is 15.0 Å². The highest BCUT2D eigenvalue weighted by atomic mass is 16.5. The highest BCUT2D eigenvalue weighted by molar-refractivity contribution is 6.08. The summed E-state index contributed by atoms with van der Waals surface area (Å²) in [6, 6.07) is 23.7. The molecule has 2 amide bonds. The smallest absolute Gasteiger partial charge is 0.259 e. The van der Waals surface area contributed by atoms with Crippen LogP contribution in [0.5, 0.6) is 5.75 Å². The highest BCUT2D eigenvalue weighted by Crippen LogP contribution is 2.21. The average molecular weight is 417 g/mol. The topological polar surface area (TPSA) is 58.6 Å². The van der Waals surface area contributed by atoms with Crippen LogP contribution in [0.25, 0.3) is 0 Å². The third-order valence-corrected chi connectivity index (χ3v) is 4.91. The molecule has 0 bridgehead atoms. The molecule has 3 aromatic carbocycles. The van der Waals surface area contributed by atoms with Gasteiger partial charge in [0.2, 0.25) is 0 Å². The Bertz CT molecular complexity index is 1000. The number of nitrogens with one attached hydrogen (secondary N) is 1. The maximum Gasteiger partial charge on any atom is 0.259 e. The molecule has 0 fully saturated rings. The lowest BCUT2D eigenvalue weighted by atomic mass is 10.1. The first-order chi connectivity index (χ1) is 15.1. The minimum atomic E-state index is -0.245. The first-order valence-corrected chi connectivity index (χ1v) is 10.6. The number of rotatable bonds is 9. The number of hydrogen-bond donors (Lipinski definition) is 1. The maximum absolute atomic E-state index is 12.9. The zero-order valence-corrected chi connectivity index (χ0v) is 18.0. The van der Waals surface area contributed by atoms with Gasteiger partial charge in [0, 0.05) is 23.5 Å². The fourth-order valence-electron chi connectivity index (χ4n) is 3.21. The average Bonchev–Trinajstić information content (AvgIpc) is 2.81. The molecule has 3 aromatic rings. The molecule has 5 heteroatoms. The summed E-state index contributed by atoms with van der Waals surface area (Å²) in [4.78, 5) is 27.4. The van der Waals surface area contributed by atoms with E-state index in [2.05, 4.69) is 12.2 Å². The number of benzene rings is 3. The Balaban J connectivity index is 1.70. The first kappa shape index (κ1) is 22.1. The molecule has 3 rings (SSSR count). The predicted molar refractivity (Wildman–Crippen MR) is 125 cm³/mol. The number of amides is 2. The molecule has 0 saturated heterocycles. The van der Waals surface area contributed by atoms with Gasteiger partial charge in [0.15, 0.2) is 0 Å². The van der Waals surface area contributed by atoms with Crippen molar-refractivity contribution in [2.45, 2.75) is 26.7 Å². The van der Waals surface area contributed by atoms with Crippen LogP contribution in [0.2, 0.25) is 0 Å². The minimum Gasteiger partial charge on any atom is -0.493 e. The van der Waals surface area contributed by atoms with Crippen LogP contribution in [0.1, 0.15) is 47.4 Å². The minimum absolute atomic E-state index is 0.0822. The van der Waals surface area contributed by atoms with E-state index in [1.54, 1.807) is 41.3 Å². The number of nitrogens with zero attached hydrogens (tertiary/aromatic N) is 1. The molecule has 0 heterocycles. The summed E-state index contributed by atoms with van der Waals surface area (Å²) in [6.45, 7) is 5.18. The molecule has 0 aliphatic carbocycles. The maximum atomic E-state index is 12.9. The summed E-state index contributed by atoms with van der Waals surface area (Å²) in [6.07, 6.45) is 1.96. The zero-order chi connectivity index (χ0) is 22.1. The van der Waals surface area contributed by atoms with Crippen LogP contribution in [0.4, 0.5) is 11.4 Å². The van der Waals surface area contributed by atoms with Crippen molar-refractivity contribution in [1.82, 2.24) is 0 Å². The molecule has 0 aromatic heterocycles. The van der Waals surface area contributed by atoms with Gasteiger partial charge in [0.1, 0.15) is 5.75 Å². The largest absolute Gasteiger partial charge is 0.493 e. The number of unbranched alkanes of at least 4 members (excludes halogenated alkanes) is 1. The fourth-order valence-corrected chi connectivity index (χ4v) is 3.21. The van der Waals surface area contributed by atoms with Gasteiger partial charge in [-0.1, -0.05) is 43.7 Å². The van der Waals surface area contributed by atoms with E-state index < -0.39 is 0 Å². The van der Waals surface area contributed by atoms with Gasteiger partial charge >= 0.3 is 0 Å². The Hall–Kier alpha value is -3.60. The lowest BCUT2D eigenvalue weighted by Gasteiger charge is -2.21. The zero-order valence-electron chi connectivity index (χ0n) is 18.0. The molecule has 0 aliphatic heterocycles. The number of hydrogen-bond acceptors (Lipinski definition) is 3. The number of carbonyl (C=O) groups is 2. The Kier molecular flexibility index (Phi) is 7.82. The van der Waals surface area contributed by atoms with Crippen molar-refractivity contribution in [2.24, 2.45) is 0 Å². The monoisotopic (exact) mass is 416 g/mol. The molecule has 0 unspecified atom stereocenters. The summed E-state index contributed by atoms with van der Waals surface area (Å²) < 4.78 is 5.76. The van der Waals surface area contributed by atoms with Crippen molar-refractivity contribution in [2.75, 3.05) is 23.4 Å². The molecule has 160 valence electrons. The van der Waals surface area contributed by atoms with Crippen molar-refractivity contribution < 1.29 is 14.3 Å². The van der Waals surface area contributed by atoms with Crippen LogP contribution < -0.4 is 15.0 Å². The number of carbonyl (C=O) groups excluding carboxylic acids is 2. The number of para-hydroxylation sites is 2. The lowest BCUT2D eigenvalue weighted by Crippen LogP contribution is -2.30. The van der Waals surface area contributed by atoms with Crippen LogP contribution in [-0.4, -0.2) is 25.0 Å². The molecule has 0 saturated carbocycles. The molecule has 1 N–H and O–H groups in total. The van der Waals surface area contributed by atoms with Gasteiger partial charge in [-0.15, -0.1) is 0 Å². The standard InChI is InChI=1S/C26H28N2O3/c1-3-5-19-31-24-14-10-9-13-23(24)25(29)27-21-17-15-20(16-18-21)26(30)28(4-2)22-11-7-6-8-12-22/h6-18H,3-5,19H2,1-2H3,(H,27,29). The molecular formula is C26H28N2O3. The summed E-state index contributed by atoms with van der Waals surface area (Å²) in [5.41, 5.74) is 2.52. The van der Waals surface area contributed by atoms with E-state index in [4.69, 9.17) is 4.74 Å². The third-order valence-electron chi connectivity index (χ3n) is 4.91. The second kappa shape index (κ2) is 11.0. The molecule has 0 radical (unpaired) electrons. The van der Waals surface area contributed by atoms with E-state index in [-0.39, 0.29) is 11.8 Å². The Morgan fingerprint density at radius 1 is 0.871 bits per heavy atom. The first-order valence-electron chi connectivity index (χ1n) is 10.6. The molecule has 5 nitrogen and oxygen atoms in total. The van der Waals surface area contributed by atoms with Gasteiger partial charge in [0.05, 0.1) is 12.2 Å². The van der Waals surface area contributed by atoms with Gasteiger partial charge in [0.25, 0.3) is 11.8 Å². The Labute approximate surface area is 183 Å². The quantitative estimate of drug-likeness (QED) is 0.450. The predicted octanol–water partition coefficient (Wildman–Crippen LogP) is 5.78. The van der Waals surface area contributed by atoms with Crippen molar-refractivity contribution in [3.05, 3.63) is 90.0 Å². The van der Waals surface area contributed by atoms with E-state index in [1.165, 1.54) is 0 Å². The van der Waals surface area contributed by atoms with Crippen molar-refractivity contribution in [3.63, 3.8) is 0 Å². The van der Waals surface area contributed by atoms with Gasteiger partial charge in [-0.05, 0) is 61.9 Å². The van der Waals surface area contributed by atoms with E-state index in [0.717, 1.165) is 18.5 Å². The fraction of sp³-hybridized carbons (Fsp3) is 0.231. The summed E-state index contributed by atoms with van der Waals surface area (Å²) in [7, 11) is 0. The van der Waals surface area contributed by atoms with Gasteiger partial charge in [-0.3, -0.25) is 9.59 Å². The number of ether oxygens (including phenoxy) is 1. The normalized spacial score (nSPS) is 10.4. The van der Waals surface area contributed by atoms with E-state index in [1.807, 2.05) is 49.4 Å². The summed E-state index contributed by atoms with van der Waals surface area (Å²) in [5.74, 6) is 0.244. The second-order valence-electron chi connectivity index (χ2n) is 7.11. The van der Waals surface area contributed by atoms with Crippen LogP contribution >= 0.6 is 0 Å². The lowest BCUT2D eigenvalue weighted by molar-refractivity contribution is 0.0987. The number of anilines is 2. The van der Waals surface area contributed by atoms with Crippen LogP contribution in [0.15, 0.2) is 78.9 Å². The van der Waals surface area contributed by atoms with Crippen LogP contribution in [0, 0.1) is 0 Å². The second-order valence-corrected chi connectivity index (χ2v) is 7.11. The third kappa shape index (κ3) is 5.72. The van der Waals surface area contributed by atoms with Crippen molar-refractivity contribution >= 4 is 23.2 Å². The molecule has 31 heavy (non-hydrogen) atoms. The van der Waals surface area contributed by atoms with Crippen molar-refractivity contribution in [1.29, 1.82) is 0 Å². The molecular weight excluding hydrogens is 388 g/mol. The van der Waals surface area contributed by atoms with Gasteiger partial charge in [-0.25, -0.2) is 0 Å². The Morgan fingerprint density at radius 3 is 2.23 bits per heavy atom. The van der Waals surface area contributed by atoms with Crippen LogP contribution in [0.3, 0.4) is 0 Å². The van der Waals surface area contributed by atoms with E-state index in [0.29, 0.717) is 35.7 Å². The van der Waals surface area contributed by atoms with Crippen LogP contribution in [-0.2, 0) is 0 Å². The summed E-state index contributed by atoms with van der Waals surface area (Å²) in [5, 5.41) is 2.89. The van der Waals surface area contributed by atoms with E-state index in [9.17, 15) is 9.59 Å². The molecule has 0 atom stereocenters. The van der Waals surface area contributed by atoms with Crippen molar-refractivity contribution in [3.8, 4) is 5.75 Å². The molecule has 0 spiro atoms.